The fourth-order valence-electron chi connectivity index (χ4n) is 2.27. The van der Waals surface area contributed by atoms with E-state index in [1.165, 1.54) is 17.4 Å². The highest BCUT2D eigenvalue weighted by molar-refractivity contribution is 7.22. The molecule has 0 spiro atoms. The van der Waals surface area contributed by atoms with Crippen LogP contribution in [0.3, 0.4) is 0 Å². The van der Waals surface area contributed by atoms with E-state index >= 15 is 0 Å². The van der Waals surface area contributed by atoms with Gasteiger partial charge in [0.2, 0.25) is 5.89 Å². The van der Waals surface area contributed by atoms with Crippen molar-refractivity contribution in [3.8, 4) is 22.2 Å². The van der Waals surface area contributed by atoms with E-state index in [-0.39, 0.29) is 5.69 Å². The summed E-state index contributed by atoms with van der Waals surface area (Å²) in [6.07, 6.45) is 0. The van der Waals surface area contributed by atoms with Crippen LogP contribution in [0.15, 0.2) is 59.0 Å². The summed E-state index contributed by atoms with van der Waals surface area (Å²) >= 11 is 1.46. The van der Waals surface area contributed by atoms with E-state index in [2.05, 4.69) is 10.2 Å². The van der Waals surface area contributed by atoms with E-state index in [1.807, 2.05) is 36.4 Å². The number of thiophene rings is 1. The van der Waals surface area contributed by atoms with Crippen LogP contribution in [0.1, 0.15) is 0 Å². The second-order valence-corrected chi connectivity index (χ2v) is 5.95. The summed E-state index contributed by atoms with van der Waals surface area (Å²) in [5.74, 6) is 0.858. The first-order chi connectivity index (χ1) is 11.2. The number of rotatable bonds is 3. The Bertz CT molecular complexity index is 1010. The van der Waals surface area contributed by atoms with E-state index in [0.29, 0.717) is 11.8 Å². The van der Waals surface area contributed by atoms with Crippen molar-refractivity contribution in [2.45, 2.75) is 0 Å². The van der Waals surface area contributed by atoms with Crippen LogP contribution < -0.4 is 0 Å². The normalized spacial score (nSPS) is 11.0. The molecule has 0 fully saturated rings. The van der Waals surface area contributed by atoms with Gasteiger partial charge in [-0.15, -0.1) is 21.5 Å². The van der Waals surface area contributed by atoms with Crippen molar-refractivity contribution >= 4 is 27.1 Å². The molecule has 0 atom stereocenters. The SMILES string of the molecule is O=[N+]([O-])c1ccc2sc(-c3nnc(-c4ccccc4)o3)cc2c1. The zero-order valence-corrected chi connectivity index (χ0v) is 12.5. The molecule has 4 rings (SSSR count). The van der Waals surface area contributed by atoms with Gasteiger partial charge in [-0.25, -0.2) is 0 Å². The van der Waals surface area contributed by atoms with Gasteiger partial charge in [-0.1, -0.05) is 18.2 Å². The van der Waals surface area contributed by atoms with Crippen molar-refractivity contribution < 1.29 is 9.34 Å². The fourth-order valence-corrected chi connectivity index (χ4v) is 3.23. The zero-order valence-electron chi connectivity index (χ0n) is 11.7. The van der Waals surface area contributed by atoms with Crippen molar-refractivity contribution in [2.24, 2.45) is 0 Å². The van der Waals surface area contributed by atoms with Gasteiger partial charge < -0.3 is 4.42 Å². The summed E-state index contributed by atoms with van der Waals surface area (Å²) in [4.78, 5) is 11.2. The monoisotopic (exact) mass is 323 g/mol. The van der Waals surface area contributed by atoms with Crippen molar-refractivity contribution in [1.29, 1.82) is 0 Å². The largest absolute Gasteiger partial charge is 0.415 e. The Morgan fingerprint density at radius 2 is 1.78 bits per heavy atom. The molecular formula is C16H9N3O3S. The molecule has 7 heteroatoms. The van der Waals surface area contributed by atoms with Crippen LogP contribution in [0.25, 0.3) is 32.3 Å². The average Bonchev–Trinajstić information content (AvgIpc) is 3.21. The van der Waals surface area contributed by atoms with Gasteiger partial charge in [0.1, 0.15) is 0 Å². The minimum Gasteiger partial charge on any atom is -0.415 e. The lowest BCUT2D eigenvalue weighted by atomic mass is 10.2. The van der Waals surface area contributed by atoms with Gasteiger partial charge in [-0.05, 0) is 24.3 Å². The molecule has 2 heterocycles. The van der Waals surface area contributed by atoms with Gasteiger partial charge in [0.25, 0.3) is 11.6 Å². The van der Waals surface area contributed by atoms with Crippen LogP contribution in [0.2, 0.25) is 0 Å². The third-order valence-electron chi connectivity index (χ3n) is 3.37. The fraction of sp³-hybridized carbons (Fsp3) is 0. The Balaban J connectivity index is 1.75. The first-order valence-electron chi connectivity index (χ1n) is 6.78. The van der Waals surface area contributed by atoms with Crippen LogP contribution in [0.5, 0.6) is 0 Å². The molecule has 0 N–H and O–H groups in total. The number of hydrogen-bond donors (Lipinski definition) is 0. The molecule has 112 valence electrons. The van der Waals surface area contributed by atoms with E-state index in [9.17, 15) is 10.1 Å². The maximum absolute atomic E-state index is 10.8. The van der Waals surface area contributed by atoms with Gasteiger partial charge in [0.05, 0.1) is 9.80 Å². The van der Waals surface area contributed by atoms with Gasteiger partial charge in [0.15, 0.2) is 0 Å². The van der Waals surface area contributed by atoms with Crippen LogP contribution in [0.4, 0.5) is 5.69 Å². The van der Waals surface area contributed by atoms with Gasteiger partial charge >= 0.3 is 0 Å². The van der Waals surface area contributed by atoms with Gasteiger partial charge in [-0.2, -0.15) is 0 Å². The van der Waals surface area contributed by atoms with E-state index in [0.717, 1.165) is 20.5 Å². The first-order valence-corrected chi connectivity index (χ1v) is 7.60. The van der Waals surface area contributed by atoms with E-state index in [1.54, 1.807) is 12.1 Å². The molecule has 6 nitrogen and oxygen atoms in total. The molecule has 0 saturated carbocycles. The lowest BCUT2D eigenvalue weighted by Gasteiger charge is -1.91. The van der Waals surface area contributed by atoms with Crippen LogP contribution >= 0.6 is 11.3 Å². The van der Waals surface area contributed by atoms with E-state index in [4.69, 9.17) is 4.42 Å². The number of fused-ring (bicyclic) bond motifs is 1. The minimum atomic E-state index is -0.406. The van der Waals surface area contributed by atoms with Crippen LogP contribution in [-0.2, 0) is 0 Å². The number of hydrogen-bond acceptors (Lipinski definition) is 6. The molecule has 0 aliphatic rings. The summed E-state index contributed by atoms with van der Waals surface area (Å²) in [6, 6.07) is 16.1. The topological polar surface area (TPSA) is 82.1 Å². The second kappa shape index (κ2) is 5.29. The maximum atomic E-state index is 10.8. The van der Waals surface area contributed by atoms with Crippen molar-refractivity contribution in [3.63, 3.8) is 0 Å². The molecule has 2 aromatic heterocycles. The lowest BCUT2D eigenvalue weighted by molar-refractivity contribution is -0.384. The van der Waals surface area contributed by atoms with Crippen LogP contribution in [-0.4, -0.2) is 15.1 Å². The van der Waals surface area contributed by atoms with Gasteiger partial charge in [-0.3, -0.25) is 10.1 Å². The van der Waals surface area contributed by atoms with E-state index < -0.39 is 4.92 Å². The Hall–Kier alpha value is -3.06. The molecule has 0 amide bonds. The third-order valence-corrected chi connectivity index (χ3v) is 4.47. The highest BCUT2D eigenvalue weighted by atomic mass is 32.1. The lowest BCUT2D eigenvalue weighted by Crippen LogP contribution is -1.85. The number of nitro benzene ring substituents is 1. The predicted molar refractivity (Wildman–Crippen MR) is 87.2 cm³/mol. The summed E-state index contributed by atoms with van der Waals surface area (Å²) in [5.41, 5.74) is 0.917. The summed E-state index contributed by atoms with van der Waals surface area (Å²) in [7, 11) is 0. The predicted octanol–water partition coefficient (Wildman–Crippen LogP) is 4.53. The first kappa shape index (κ1) is 13.6. The standard InChI is InChI=1S/C16H9N3O3S/c20-19(21)12-6-7-13-11(8-12)9-14(23-13)16-18-17-15(22-16)10-4-2-1-3-5-10/h1-9H. The highest BCUT2D eigenvalue weighted by Gasteiger charge is 2.14. The second-order valence-electron chi connectivity index (χ2n) is 4.87. The molecule has 0 aliphatic heterocycles. The Labute approximate surface area is 134 Å². The quantitative estimate of drug-likeness (QED) is 0.409. The molecule has 2 aromatic carbocycles. The zero-order chi connectivity index (χ0) is 15.8. The molecule has 4 aromatic rings. The van der Waals surface area contributed by atoms with Crippen molar-refractivity contribution in [2.75, 3.05) is 0 Å². The molecule has 0 aliphatic carbocycles. The molecule has 0 radical (unpaired) electrons. The highest BCUT2D eigenvalue weighted by Crippen LogP contribution is 2.35. The Morgan fingerprint density at radius 1 is 1.00 bits per heavy atom. The summed E-state index contributed by atoms with van der Waals surface area (Å²) in [5, 5.41) is 19.8. The summed E-state index contributed by atoms with van der Waals surface area (Å²) in [6.45, 7) is 0. The molecular weight excluding hydrogens is 314 g/mol. The van der Waals surface area contributed by atoms with Crippen molar-refractivity contribution in [1.82, 2.24) is 10.2 Å². The Kier molecular flexibility index (Phi) is 3.13. The van der Waals surface area contributed by atoms with Crippen molar-refractivity contribution in [3.05, 3.63) is 64.7 Å². The molecule has 0 bridgehead atoms. The number of non-ortho nitro benzene ring substituents is 1. The summed E-state index contributed by atoms with van der Waals surface area (Å²) < 4.78 is 6.65. The number of nitro groups is 1. The average molecular weight is 323 g/mol. The number of benzene rings is 2. The smallest absolute Gasteiger partial charge is 0.270 e. The molecule has 0 saturated heterocycles. The van der Waals surface area contributed by atoms with Gasteiger partial charge in [0, 0.05) is 27.8 Å². The van der Waals surface area contributed by atoms with Crippen LogP contribution in [0, 0.1) is 10.1 Å². The maximum Gasteiger partial charge on any atom is 0.270 e. The number of nitrogens with zero attached hydrogens (tertiary/aromatic N) is 3. The molecule has 23 heavy (non-hydrogen) atoms. The Morgan fingerprint density at radius 3 is 2.57 bits per heavy atom. The number of aromatic nitrogens is 2. The minimum absolute atomic E-state index is 0.0670. The third kappa shape index (κ3) is 2.47. The molecule has 0 unspecified atom stereocenters.